The molecular weight excluding hydrogens is 198 g/mol. The van der Waals surface area contributed by atoms with Crippen molar-refractivity contribution in [1.29, 1.82) is 0 Å². The summed E-state index contributed by atoms with van der Waals surface area (Å²) >= 11 is 0. The second-order valence-corrected chi connectivity index (χ2v) is 9.50. The van der Waals surface area contributed by atoms with Gasteiger partial charge in [-0.3, -0.25) is 0 Å². The minimum atomic E-state index is -1.14. The lowest BCUT2D eigenvalue weighted by molar-refractivity contribution is 0.387. The van der Waals surface area contributed by atoms with Crippen molar-refractivity contribution < 1.29 is 0 Å². The molecule has 88 valence electrons. The van der Waals surface area contributed by atoms with Gasteiger partial charge in [-0.15, -0.1) is 12.3 Å². The molecule has 0 N–H and O–H groups in total. The first-order chi connectivity index (χ1) is 7.26. The van der Waals surface area contributed by atoms with E-state index in [0.717, 1.165) is 0 Å². The topological polar surface area (TPSA) is 3.24 Å². The van der Waals surface area contributed by atoms with Crippen LogP contribution in [0.3, 0.4) is 0 Å². The SMILES string of the molecule is C=C[Si](CCC)(CCC)CN1CCCC1. The van der Waals surface area contributed by atoms with Gasteiger partial charge in [-0.1, -0.05) is 38.8 Å². The molecule has 0 saturated carbocycles. The van der Waals surface area contributed by atoms with E-state index in [1.165, 1.54) is 57.0 Å². The van der Waals surface area contributed by atoms with E-state index in [9.17, 15) is 0 Å². The van der Waals surface area contributed by atoms with E-state index in [2.05, 4.69) is 31.0 Å². The van der Waals surface area contributed by atoms with Crippen molar-refractivity contribution >= 4 is 8.07 Å². The largest absolute Gasteiger partial charge is 0.306 e. The minimum absolute atomic E-state index is 1.14. The average molecular weight is 225 g/mol. The Morgan fingerprint density at radius 2 is 1.67 bits per heavy atom. The highest BCUT2D eigenvalue weighted by Gasteiger charge is 2.30. The quantitative estimate of drug-likeness (QED) is 0.598. The second kappa shape index (κ2) is 6.49. The molecule has 1 aliphatic rings. The van der Waals surface area contributed by atoms with E-state index in [0.29, 0.717) is 0 Å². The van der Waals surface area contributed by atoms with Crippen molar-refractivity contribution in [2.45, 2.75) is 51.6 Å². The Kier molecular flexibility index (Phi) is 5.62. The van der Waals surface area contributed by atoms with E-state index >= 15 is 0 Å². The summed E-state index contributed by atoms with van der Waals surface area (Å²) in [6.07, 6.45) is 6.90. The van der Waals surface area contributed by atoms with Crippen LogP contribution in [0.2, 0.25) is 12.1 Å². The van der Waals surface area contributed by atoms with Crippen LogP contribution < -0.4 is 0 Å². The van der Waals surface area contributed by atoms with E-state index in [4.69, 9.17) is 0 Å². The number of rotatable bonds is 7. The predicted octanol–water partition coefficient (Wildman–Crippen LogP) is 3.62. The van der Waals surface area contributed by atoms with Crippen LogP contribution in [0.15, 0.2) is 12.3 Å². The monoisotopic (exact) mass is 225 g/mol. The van der Waals surface area contributed by atoms with Crippen LogP contribution in [0.25, 0.3) is 0 Å². The summed E-state index contributed by atoms with van der Waals surface area (Å²) in [4.78, 5) is 2.69. The van der Waals surface area contributed by atoms with E-state index in [-0.39, 0.29) is 0 Å². The summed E-state index contributed by atoms with van der Waals surface area (Å²) in [5.74, 6) is 0. The molecule has 15 heavy (non-hydrogen) atoms. The third-order valence-electron chi connectivity index (χ3n) is 3.67. The van der Waals surface area contributed by atoms with Crippen molar-refractivity contribution in [3.63, 3.8) is 0 Å². The van der Waals surface area contributed by atoms with Crippen LogP contribution in [0, 0.1) is 0 Å². The Labute approximate surface area is 96.6 Å². The molecule has 1 rings (SSSR count). The molecule has 0 aromatic heterocycles. The van der Waals surface area contributed by atoms with Crippen molar-refractivity contribution in [2.24, 2.45) is 0 Å². The average Bonchev–Trinajstić information content (AvgIpc) is 2.71. The third kappa shape index (κ3) is 3.76. The van der Waals surface area contributed by atoms with E-state index < -0.39 is 8.07 Å². The van der Waals surface area contributed by atoms with Gasteiger partial charge in [-0.2, -0.15) is 0 Å². The fourth-order valence-electron chi connectivity index (χ4n) is 2.93. The van der Waals surface area contributed by atoms with Gasteiger partial charge in [0.1, 0.15) is 0 Å². The van der Waals surface area contributed by atoms with Gasteiger partial charge in [0.05, 0.1) is 8.07 Å². The van der Waals surface area contributed by atoms with Gasteiger partial charge in [0.25, 0.3) is 0 Å². The molecule has 1 heterocycles. The van der Waals surface area contributed by atoms with Gasteiger partial charge < -0.3 is 4.90 Å². The molecule has 2 heteroatoms. The van der Waals surface area contributed by atoms with Crippen molar-refractivity contribution in [3.05, 3.63) is 12.3 Å². The van der Waals surface area contributed by atoms with Crippen molar-refractivity contribution in [2.75, 3.05) is 19.3 Å². The molecule has 1 nitrogen and oxygen atoms in total. The van der Waals surface area contributed by atoms with Crippen LogP contribution in [0.4, 0.5) is 0 Å². The van der Waals surface area contributed by atoms with E-state index in [1.54, 1.807) is 0 Å². The molecule has 0 aromatic rings. The highest BCUT2D eigenvalue weighted by atomic mass is 28.3. The zero-order valence-corrected chi connectivity index (χ0v) is 11.6. The second-order valence-electron chi connectivity index (χ2n) is 5.05. The maximum Gasteiger partial charge on any atom is 0.0915 e. The van der Waals surface area contributed by atoms with E-state index in [1.807, 2.05) is 0 Å². The summed E-state index contributed by atoms with van der Waals surface area (Å²) in [5, 5.41) is 0. The fraction of sp³-hybridized carbons (Fsp3) is 0.846. The summed E-state index contributed by atoms with van der Waals surface area (Å²) in [6.45, 7) is 11.5. The smallest absolute Gasteiger partial charge is 0.0915 e. The Bertz CT molecular complexity index is 179. The zero-order chi connectivity index (χ0) is 11.1. The number of hydrogen-bond acceptors (Lipinski definition) is 1. The van der Waals surface area contributed by atoms with Gasteiger partial charge >= 0.3 is 0 Å². The first-order valence-electron chi connectivity index (χ1n) is 6.62. The van der Waals surface area contributed by atoms with Gasteiger partial charge in [0, 0.05) is 0 Å². The minimum Gasteiger partial charge on any atom is -0.306 e. The third-order valence-corrected chi connectivity index (χ3v) is 8.60. The Hall–Kier alpha value is -0.0831. The molecule has 0 spiro atoms. The van der Waals surface area contributed by atoms with Gasteiger partial charge in [0.2, 0.25) is 0 Å². The van der Waals surface area contributed by atoms with Crippen LogP contribution in [-0.2, 0) is 0 Å². The van der Waals surface area contributed by atoms with Gasteiger partial charge in [-0.25, -0.2) is 0 Å². The lowest BCUT2D eigenvalue weighted by atomic mass is 10.4. The molecule has 1 fully saturated rings. The molecule has 0 radical (unpaired) electrons. The molecule has 0 amide bonds. The molecule has 1 saturated heterocycles. The number of hydrogen-bond donors (Lipinski definition) is 0. The first-order valence-corrected chi connectivity index (χ1v) is 9.32. The molecule has 1 aliphatic heterocycles. The number of nitrogens with zero attached hydrogens (tertiary/aromatic N) is 1. The maximum absolute atomic E-state index is 4.15. The highest BCUT2D eigenvalue weighted by molar-refractivity contribution is 6.84. The first kappa shape index (κ1) is 13.0. The van der Waals surface area contributed by atoms with Crippen LogP contribution in [0.1, 0.15) is 39.5 Å². The predicted molar refractivity (Wildman–Crippen MR) is 71.8 cm³/mol. The molecule has 0 atom stereocenters. The van der Waals surface area contributed by atoms with Crippen LogP contribution in [0.5, 0.6) is 0 Å². The Morgan fingerprint density at radius 3 is 2.07 bits per heavy atom. The fourth-order valence-corrected chi connectivity index (χ4v) is 7.24. The lowest BCUT2D eigenvalue weighted by Gasteiger charge is -2.32. The summed E-state index contributed by atoms with van der Waals surface area (Å²) in [7, 11) is -1.14. The summed E-state index contributed by atoms with van der Waals surface area (Å²) in [6, 6.07) is 2.89. The standard InChI is InChI=1S/C13H27NSi/c1-4-11-15(6-3,12-5-2)13-14-9-7-8-10-14/h6H,3-5,7-13H2,1-2H3. The summed E-state index contributed by atoms with van der Waals surface area (Å²) in [5.41, 5.74) is 2.37. The number of likely N-dealkylation sites (tertiary alicyclic amines) is 1. The highest BCUT2D eigenvalue weighted by Crippen LogP contribution is 2.24. The lowest BCUT2D eigenvalue weighted by Crippen LogP contribution is -2.45. The Morgan fingerprint density at radius 1 is 1.13 bits per heavy atom. The maximum atomic E-state index is 4.15. The molecule has 0 aromatic carbocycles. The Balaban J connectivity index is 2.55. The normalized spacial score (nSPS) is 18.3. The molecule has 0 unspecified atom stereocenters. The molecule has 0 aliphatic carbocycles. The van der Waals surface area contributed by atoms with Crippen molar-refractivity contribution in [3.8, 4) is 0 Å². The summed E-state index contributed by atoms with van der Waals surface area (Å²) < 4.78 is 0. The van der Waals surface area contributed by atoms with Crippen LogP contribution in [-0.4, -0.2) is 32.2 Å². The van der Waals surface area contributed by atoms with Crippen molar-refractivity contribution in [1.82, 2.24) is 4.90 Å². The van der Waals surface area contributed by atoms with Crippen LogP contribution >= 0.6 is 0 Å². The molecule has 0 bridgehead atoms. The van der Waals surface area contributed by atoms with Gasteiger partial charge in [0.15, 0.2) is 0 Å². The molecular formula is C13H27NSi. The zero-order valence-electron chi connectivity index (χ0n) is 10.6. The van der Waals surface area contributed by atoms with Gasteiger partial charge in [-0.05, 0) is 32.1 Å².